The second-order valence-corrected chi connectivity index (χ2v) is 5.52. The van der Waals surface area contributed by atoms with Gasteiger partial charge in [-0.05, 0) is 38.0 Å². The molecule has 2 unspecified atom stereocenters. The first kappa shape index (κ1) is 11.1. The molecule has 2 heteroatoms. The van der Waals surface area contributed by atoms with Crippen LogP contribution in [0.4, 0.5) is 0 Å². The minimum atomic E-state index is 0.315. The van der Waals surface area contributed by atoms with Crippen LogP contribution in [0.5, 0.6) is 0 Å². The smallest absolute Gasteiger partial charge is 0.136 e. The summed E-state index contributed by atoms with van der Waals surface area (Å²) in [5, 5.41) is 0. The van der Waals surface area contributed by atoms with Crippen molar-refractivity contribution in [1.29, 1.82) is 0 Å². The van der Waals surface area contributed by atoms with Crippen molar-refractivity contribution in [3.8, 4) is 0 Å². The maximum absolute atomic E-state index is 12.0. The first-order valence-electron chi connectivity index (χ1n) is 6.33. The molecule has 0 aromatic carbocycles. The quantitative estimate of drug-likeness (QED) is 0.713. The van der Waals surface area contributed by atoms with Crippen LogP contribution >= 0.6 is 0 Å². The third-order valence-electron chi connectivity index (χ3n) is 3.71. The molecule has 2 fully saturated rings. The van der Waals surface area contributed by atoms with Crippen molar-refractivity contribution in [3.63, 3.8) is 0 Å². The van der Waals surface area contributed by atoms with Gasteiger partial charge in [0.25, 0.3) is 0 Å². The van der Waals surface area contributed by atoms with Gasteiger partial charge < -0.3 is 4.74 Å². The number of fused-ring (bicyclic) bond motifs is 2. The van der Waals surface area contributed by atoms with Crippen molar-refractivity contribution >= 4 is 5.78 Å². The fraction of sp³-hybridized carbons (Fsp3) is 0.923. The standard InChI is InChI=1S/C13H22O2/c1-9(2)3-6-13(14)10-7-11-4-5-12(8-10)15-11/h9-12H,3-8H2,1-2H3. The molecular weight excluding hydrogens is 188 g/mol. The zero-order chi connectivity index (χ0) is 10.8. The Morgan fingerprint density at radius 2 is 1.87 bits per heavy atom. The van der Waals surface area contributed by atoms with Gasteiger partial charge in [0, 0.05) is 12.3 Å². The van der Waals surface area contributed by atoms with E-state index in [1.807, 2.05) is 0 Å². The van der Waals surface area contributed by atoms with E-state index >= 15 is 0 Å². The second kappa shape index (κ2) is 4.65. The van der Waals surface area contributed by atoms with Gasteiger partial charge in [-0.25, -0.2) is 0 Å². The fourth-order valence-electron chi connectivity index (χ4n) is 2.76. The van der Waals surface area contributed by atoms with Crippen LogP contribution in [-0.2, 0) is 9.53 Å². The van der Waals surface area contributed by atoms with E-state index in [2.05, 4.69) is 13.8 Å². The summed E-state index contributed by atoms with van der Waals surface area (Å²) >= 11 is 0. The number of carbonyl (C=O) groups is 1. The number of hydrogen-bond donors (Lipinski definition) is 0. The first-order valence-corrected chi connectivity index (χ1v) is 6.33. The zero-order valence-corrected chi connectivity index (χ0v) is 9.87. The number of carbonyl (C=O) groups excluding carboxylic acids is 1. The van der Waals surface area contributed by atoms with Crippen LogP contribution in [0.15, 0.2) is 0 Å². The van der Waals surface area contributed by atoms with Gasteiger partial charge in [0.15, 0.2) is 0 Å². The third kappa shape index (κ3) is 2.81. The number of rotatable bonds is 4. The van der Waals surface area contributed by atoms with Crippen LogP contribution in [0.1, 0.15) is 52.4 Å². The molecule has 86 valence electrons. The number of ether oxygens (including phenoxy) is 1. The predicted octanol–water partition coefficient (Wildman–Crippen LogP) is 2.95. The Hall–Kier alpha value is -0.370. The van der Waals surface area contributed by atoms with Crippen LogP contribution in [0.3, 0.4) is 0 Å². The predicted molar refractivity (Wildman–Crippen MR) is 59.7 cm³/mol. The maximum Gasteiger partial charge on any atom is 0.136 e. The monoisotopic (exact) mass is 210 g/mol. The molecule has 0 aromatic heterocycles. The first-order chi connectivity index (χ1) is 7.15. The van der Waals surface area contributed by atoms with Crippen molar-refractivity contribution in [2.24, 2.45) is 11.8 Å². The molecule has 0 spiro atoms. The highest BCUT2D eigenvalue weighted by Crippen LogP contribution is 2.36. The summed E-state index contributed by atoms with van der Waals surface area (Å²) in [6, 6.07) is 0. The van der Waals surface area contributed by atoms with E-state index in [0.29, 0.717) is 29.8 Å². The van der Waals surface area contributed by atoms with Gasteiger partial charge in [-0.15, -0.1) is 0 Å². The van der Waals surface area contributed by atoms with Gasteiger partial charge in [0.2, 0.25) is 0 Å². The van der Waals surface area contributed by atoms with Crippen molar-refractivity contribution in [2.45, 2.75) is 64.6 Å². The minimum absolute atomic E-state index is 0.315. The molecule has 2 aliphatic heterocycles. The highest BCUT2D eigenvalue weighted by Gasteiger charge is 2.37. The Balaban J connectivity index is 1.81. The molecule has 0 radical (unpaired) electrons. The van der Waals surface area contributed by atoms with Crippen LogP contribution in [0.2, 0.25) is 0 Å². The molecule has 2 rings (SSSR count). The van der Waals surface area contributed by atoms with E-state index in [1.165, 1.54) is 12.8 Å². The summed E-state index contributed by atoms with van der Waals surface area (Å²) in [7, 11) is 0. The lowest BCUT2D eigenvalue weighted by Crippen LogP contribution is -2.30. The minimum Gasteiger partial charge on any atom is -0.375 e. The molecule has 2 atom stereocenters. The molecule has 0 N–H and O–H groups in total. The van der Waals surface area contributed by atoms with Crippen molar-refractivity contribution in [2.75, 3.05) is 0 Å². The molecule has 15 heavy (non-hydrogen) atoms. The Labute approximate surface area is 92.4 Å². The average Bonchev–Trinajstić information content (AvgIpc) is 2.54. The van der Waals surface area contributed by atoms with E-state index < -0.39 is 0 Å². The van der Waals surface area contributed by atoms with Gasteiger partial charge in [-0.1, -0.05) is 13.8 Å². The molecular formula is C13H22O2. The summed E-state index contributed by atoms with van der Waals surface area (Å²) < 4.78 is 5.75. The zero-order valence-electron chi connectivity index (χ0n) is 9.87. The lowest BCUT2D eigenvalue weighted by atomic mass is 9.88. The summed E-state index contributed by atoms with van der Waals surface area (Å²) in [4.78, 5) is 12.0. The molecule has 2 heterocycles. The van der Waals surface area contributed by atoms with E-state index in [0.717, 1.165) is 25.7 Å². The van der Waals surface area contributed by atoms with Gasteiger partial charge in [-0.2, -0.15) is 0 Å². The normalized spacial score (nSPS) is 34.7. The molecule has 0 saturated carbocycles. The van der Waals surface area contributed by atoms with E-state index in [-0.39, 0.29) is 0 Å². The molecule has 2 aliphatic rings. The maximum atomic E-state index is 12.0. The Morgan fingerprint density at radius 3 is 2.40 bits per heavy atom. The molecule has 2 saturated heterocycles. The van der Waals surface area contributed by atoms with Crippen LogP contribution in [0, 0.1) is 11.8 Å². The molecule has 2 nitrogen and oxygen atoms in total. The Morgan fingerprint density at radius 1 is 1.27 bits per heavy atom. The van der Waals surface area contributed by atoms with E-state index in [9.17, 15) is 4.79 Å². The van der Waals surface area contributed by atoms with Crippen LogP contribution in [0.25, 0.3) is 0 Å². The van der Waals surface area contributed by atoms with Gasteiger partial charge in [0.05, 0.1) is 12.2 Å². The summed E-state index contributed by atoms with van der Waals surface area (Å²) in [5.74, 6) is 1.45. The van der Waals surface area contributed by atoms with Crippen LogP contribution < -0.4 is 0 Å². The molecule has 0 aliphatic carbocycles. The Bertz CT molecular complexity index is 223. The molecule has 0 amide bonds. The van der Waals surface area contributed by atoms with Crippen molar-refractivity contribution in [1.82, 2.24) is 0 Å². The summed E-state index contributed by atoms with van der Waals surface area (Å²) in [5.41, 5.74) is 0. The average molecular weight is 210 g/mol. The van der Waals surface area contributed by atoms with Crippen molar-refractivity contribution in [3.05, 3.63) is 0 Å². The Kier molecular flexibility index (Phi) is 3.45. The highest BCUT2D eigenvalue weighted by molar-refractivity contribution is 5.81. The molecule has 2 bridgehead atoms. The van der Waals surface area contributed by atoms with Gasteiger partial charge in [0.1, 0.15) is 5.78 Å². The van der Waals surface area contributed by atoms with E-state index in [4.69, 9.17) is 4.74 Å². The van der Waals surface area contributed by atoms with E-state index in [1.54, 1.807) is 0 Å². The van der Waals surface area contributed by atoms with Crippen LogP contribution in [-0.4, -0.2) is 18.0 Å². The number of ketones is 1. The SMILES string of the molecule is CC(C)CCC(=O)C1CC2CCC(C1)O2. The lowest BCUT2D eigenvalue weighted by molar-refractivity contribution is -0.128. The highest BCUT2D eigenvalue weighted by atomic mass is 16.5. The fourth-order valence-corrected chi connectivity index (χ4v) is 2.76. The molecule has 0 aromatic rings. The number of hydrogen-bond acceptors (Lipinski definition) is 2. The summed E-state index contributed by atoms with van der Waals surface area (Å²) in [6.07, 6.45) is 6.97. The van der Waals surface area contributed by atoms with Crippen molar-refractivity contribution < 1.29 is 9.53 Å². The van der Waals surface area contributed by atoms with Gasteiger partial charge >= 0.3 is 0 Å². The third-order valence-corrected chi connectivity index (χ3v) is 3.71. The van der Waals surface area contributed by atoms with Gasteiger partial charge in [-0.3, -0.25) is 4.79 Å². The topological polar surface area (TPSA) is 26.3 Å². The lowest BCUT2D eigenvalue weighted by Gasteiger charge is -2.27. The number of Topliss-reactive ketones (excluding diaryl/α,β-unsaturated/α-hetero) is 1. The summed E-state index contributed by atoms with van der Waals surface area (Å²) in [6.45, 7) is 4.36. The largest absolute Gasteiger partial charge is 0.375 e. The second-order valence-electron chi connectivity index (χ2n) is 5.52.